The van der Waals surface area contributed by atoms with Crippen LogP contribution in [-0.4, -0.2) is 67.1 Å². The Kier molecular flexibility index (Phi) is 14.2. The minimum atomic E-state index is -1.15. The third-order valence-electron chi connectivity index (χ3n) is 9.10. The van der Waals surface area contributed by atoms with Crippen molar-refractivity contribution in [3.05, 3.63) is 138 Å². The zero-order valence-electron chi connectivity index (χ0n) is 31.2. The second kappa shape index (κ2) is 20.0. The van der Waals surface area contributed by atoms with E-state index in [1.54, 1.807) is 30.6 Å². The summed E-state index contributed by atoms with van der Waals surface area (Å²) < 4.78 is 10.8. The average Bonchev–Trinajstić information content (AvgIpc) is 3.24. The summed E-state index contributed by atoms with van der Waals surface area (Å²) in [6.45, 7) is 2.05. The molecule has 4 aromatic carbocycles. The van der Waals surface area contributed by atoms with E-state index in [4.69, 9.17) is 9.47 Å². The van der Waals surface area contributed by atoms with Gasteiger partial charge in [0.25, 0.3) is 5.91 Å². The van der Waals surface area contributed by atoms with E-state index < -0.39 is 13.9 Å². The summed E-state index contributed by atoms with van der Waals surface area (Å²) in [5.74, 6) is -1.10. The summed E-state index contributed by atoms with van der Waals surface area (Å²) in [5, 5.41) is 13.5. The van der Waals surface area contributed by atoms with Crippen molar-refractivity contribution in [2.75, 3.05) is 33.4 Å². The predicted molar refractivity (Wildman–Crippen MR) is 220 cm³/mol. The van der Waals surface area contributed by atoms with Gasteiger partial charge in [0.2, 0.25) is 11.8 Å². The van der Waals surface area contributed by atoms with E-state index in [1.807, 2.05) is 91.0 Å². The van der Waals surface area contributed by atoms with Crippen molar-refractivity contribution in [3.8, 4) is 0 Å². The normalized spacial score (nSPS) is 11.0. The average molecular weight is 770 g/mol. The Labute approximate surface area is 327 Å². The maximum Gasteiger partial charge on any atom is 0.338 e. The van der Waals surface area contributed by atoms with Crippen LogP contribution in [0, 0.1) is 0 Å². The summed E-state index contributed by atoms with van der Waals surface area (Å²) in [7, 11) is 0.207. The van der Waals surface area contributed by atoms with Crippen molar-refractivity contribution in [1.29, 1.82) is 0 Å². The lowest BCUT2D eigenvalue weighted by molar-refractivity contribution is -0.126. The van der Waals surface area contributed by atoms with Gasteiger partial charge in [-0.2, -0.15) is 0 Å². The molecule has 12 heteroatoms. The van der Waals surface area contributed by atoms with Crippen LogP contribution in [0.1, 0.15) is 52.0 Å². The number of hydrogen-bond acceptors (Lipinski definition) is 8. The fourth-order valence-electron chi connectivity index (χ4n) is 6.27. The topological polar surface area (TPSA) is 149 Å². The highest BCUT2D eigenvalue weighted by molar-refractivity contribution is 7.80. The number of ether oxygens (including phenoxy) is 2. The molecule has 286 valence electrons. The van der Waals surface area contributed by atoms with Gasteiger partial charge in [0.1, 0.15) is 0 Å². The smallest absolute Gasteiger partial charge is 0.338 e. The molecular weight excluding hydrogens is 725 g/mol. The number of hydrogen-bond donors (Lipinski definition) is 3. The van der Waals surface area contributed by atoms with E-state index in [2.05, 4.69) is 25.9 Å². The molecule has 3 amide bonds. The predicted octanol–water partition coefficient (Wildman–Crippen LogP) is 5.07. The van der Waals surface area contributed by atoms with Crippen LogP contribution in [0.15, 0.2) is 122 Å². The van der Waals surface area contributed by atoms with Gasteiger partial charge in [-0.3, -0.25) is 24.4 Å². The summed E-state index contributed by atoms with van der Waals surface area (Å²) >= 11 is 0. The van der Waals surface area contributed by atoms with Crippen molar-refractivity contribution in [2.24, 2.45) is 0 Å². The standard InChI is InChI=1S/C44H44N5O6P/c1-54-44(53)37-19-17-32(29-38(37)56(34-12-4-2-5-13-34)35-14-6-3-7-15-35)43(52)48-25-10-28-55-27-9-24-45-39(50)20-21-40(51)49-30-33-22-26-47-42-36(33)18-16-31-11-8-23-46-41(31)42/h2-8,11-19,22-23,26,29H,9-10,20-21,24-25,27-28,30H2,1H3,(H,45,50)(H,48,52)(H,49,51). The third-order valence-corrected chi connectivity index (χ3v) is 11.6. The maximum atomic E-state index is 13.2. The van der Waals surface area contributed by atoms with Gasteiger partial charge in [-0.05, 0) is 67.3 Å². The lowest BCUT2D eigenvalue weighted by Crippen LogP contribution is -2.29. The summed E-state index contributed by atoms with van der Waals surface area (Å²) in [6.07, 6.45) is 4.84. The molecule has 11 nitrogen and oxygen atoms in total. The van der Waals surface area contributed by atoms with Crippen molar-refractivity contribution < 1.29 is 28.7 Å². The van der Waals surface area contributed by atoms with Crippen LogP contribution in [0.3, 0.4) is 0 Å². The number of pyridine rings is 2. The second-order valence-electron chi connectivity index (χ2n) is 12.9. The minimum Gasteiger partial charge on any atom is -0.465 e. The van der Waals surface area contributed by atoms with Crippen molar-refractivity contribution in [2.45, 2.75) is 32.2 Å². The third kappa shape index (κ3) is 10.4. The van der Waals surface area contributed by atoms with E-state index in [9.17, 15) is 19.2 Å². The molecule has 0 fully saturated rings. The van der Waals surface area contributed by atoms with Crippen LogP contribution >= 0.6 is 7.92 Å². The molecule has 2 heterocycles. The van der Waals surface area contributed by atoms with Gasteiger partial charge >= 0.3 is 5.97 Å². The van der Waals surface area contributed by atoms with Crippen molar-refractivity contribution >= 4 is 69.3 Å². The molecule has 0 radical (unpaired) electrons. The number of amides is 3. The summed E-state index contributed by atoms with van der Waals surface area (Å²) in [4.78, 5) is 59.9. The monoisotopic (exact) mass is 769 g/mol. The quantitative estimate of drug-likeness (QED) is 0.0476. The number of nitrogens with zero attached hydrogens (tertiary/aromatic N) is 2. The number of rotatable bonds is 18. The molecule has 0 saturated carbocycles. The first-order valence-electron chi connectivity index (χ1n) is 18.6. The first-order valence-corrected chi connectivity index (χ1v) is 19.9. The molecule has 56 heavy (non-hydrogen) atoms. The zero-order valence-corrected chi connectivity index (χ0v) is 32.1. The molecule has 0 bridgehead atoms. The lowest BCUT2D eigenvalue weighted by Gasteiger charge is -2.22. The zero-order chi connectivity index (χ0) is 39.1. The molecule has 0 aliphatic carbocycles. The fraction of sp³-hybridized carbons (Fsp3) is 0.227. The molecule has 6 aromatic rings. The van der Waals surface area contributed by atoms with Crippen molar-refractivity contribution in [3.63, 3.8) is 0 Å². The lowest BCUT2D eigenvalue weighted by atomic mass is 10.1. The Morgan fingerprint density at radius 3 is 2.02 bits per heavy atom. The first kappa shape index (κ1) is 39.7. The van der Waals surface area contributed by atoms with Gasteiger partial charge in [0.05, 0.1) is 23.7 Å². The number of aromatic nitrogens is 2. The molecule has 0 unspecified atom stereocenters. The number of methoxy groups -OCH3 is 1. The number of esters is 1. The van der Waals surface area contributed by atoms with Crippen LogP contribution in [0.4, 0.5) is 0 Å². The van der Waals surface area contributed by atoms with E-state index in [1.165, 1.54) is 7.11 Å². The molecule has 0 aliphatic rings. The molecule has 0 spiro atoms. The molecular formula is C44H44N5O6P. The van der Waals surface area contributed by atoms with E-state index in [-0.39, 0.29) is 30.6 Å². The van der Waals surface area contributed by atoms with Gasteiger partial charge in [-0.25, -0.2) is 4.79 Å². The molecule has 0 aliphatic heterocycles. The number of carbonyl (C=O) groups is 4. The second-order valence-corrected chi connectivity index (χ2v) is 15.1. The number of fused-ring (bicyclic) bond motifs is 3. The fourth-order valence-corrected chi connectivity index (χ4v) is 8.74. The van der Waals surface area contributed by atoms with Crippen LogP contribution in [0.25, 0.3) is 21.8 Å². The first-order chi connectivity index (χ1) is 27.4. The summed E-state index contributed by atoms with van der Waals surface area (Å²) in [5.41, 5.74) is 3.42. The Morgan fingerprint density at radius 2 is 1.32 bits per heavy atom. The van der Waals surface area contributed by atoms with E-state index >= 15 is 0 Å². The number of benzene rings is 4. The van der Waals surface area contributed by atoms with Gasteiger partial charge in [0.15, 0.2) is 0 Å². The van der Waals surface area contributed by atoms with Crippen molar-refractivity contribution in [1.82, 2.24) is 25.9 Å². The summed E-state index contributed by atoms with van der Waals surface area (Å²) in [6, 6.07) is 34.8. The molecule has 3 N–H and O–H groups in total. The number of nitrogens with one attached hydrogen (secondary N) is 3. The van der Waals surface area contributed by atoms with Crippen LogP contribution < -0.4 is 31.9 Å². The van der Waals surface area contributed by atoms with E-state index in [0.717, 1.165) is 43.3 Å². The van der Waals surface area contributed by atoms with Crippen LogP contribution in [-0.2, 0) is 25.6 Å². The largest absolute Gasteiger partial charge is 0.465 e. The molecule has 0 atom stereocenters. The van der Waals surface area contributed by atoms with Gasteiger partial charge in [-0.1, -0.05) is 78.9 Å². The Bertz CT molecular complexity index is 2250. The Morgan fingerprint density at radius 1 is 0.661 bits per heavy atom. The van der Waals surface area contributed by atoms with Gasteiger partial charge in [-0.15, -0.1) is 0 Å². The van der Waals surface area contributed by atoms with Gasteiger partial charge in [0, 0.05) is 79.7 Å². The molecule has 0 saturated heterocycles. The Balaban J connectivity index is 0.885. The van der Waals surface area contributed by atoms with Gasteiger partial charge < -0.3 is 25.4 Å². The molecule has 6 rings (SSSR count). The highest BCUT2D eigenvalue weighted by atomic mass is 31.1. The SMILES string of the molecule is COC(=O)c1ccc(C(=O)NCCCOCCCNC(=O)CCC(=O)NCc2ccnc3c2ccc2cccnc23)cc1P(c1ccccc1)c1ccccc1. The maximum absolute atomic E-state index is 13.2. The Hall–Kier alpha value is -6.03. The van der Waals surface area contributed by atoms with Crippen LogP contribution in [0.5, 0.6) is 0 Å². The van der Waals surface area contributed by atoms with Crippen LogP contribution in [0.2, 0.25) is 0 Å². The number of carbonyl (C=O) groups excluding carboxylic acids is 4. The molecule has 2 aromatic heterocycles. The minimum absolute atomic E-state index is 0.0832. The highest BCUT2D eigenvalue weighted by Crippen LogP contribution is 2.35. The van der Waals surface area contributed by atoms with E-state index in [0.29, 0.717) is 56.8 Å². The highest BCUT2D eigenvalue weighted by Gasteiger charge is 2.24.